The van der Waals surface area contributed by atoms with Crippen LogP contribution in [0.5, 0.6) is 5.75 Å². The standard InChI is InChI=1S/C22H33N3O6S/c1-16(2)14-21(26)24-8-6-18(7-9-24)23-22(27)17-4-5-19(30-3)20(15-17)32(28,29)25-10-12-31-13-11-25/h4-5,15-16,18H,6-14H2,1-3H3,(H,23,27). The van der Waals surface area contributed by atoms with Gasteiger partial charge in [0.1, 0.15) is 10.6 Å². The number of carbonyl (C=O) groups excluding carboxylic acids is 2. The molecule has 0 aromatic heterocycles. The lowest BCUT2D eigenvalue weighted by Gasteiger charge is -2.33. The molecule has 3 rings (SSSR count). The van der Waals surface area contributed by atoms with Gasteiger partial charge in [-0.2, -0.15) is 4.31 Å². The number of nitrogens with one attached hydrogen (secondary N) is 1. The molecule has 10 heteroatoms. The number of morpholine rings is 1. The summed E-state index contributed by atoms with van der Waals surface area (Å²) in [5, 5.41) is 2.98. The first-order valence-electron chi connectivity index (χ1n) is 11.1. The molecule has 9 nitrogen and oxygen atoms in total. The Labute approximate surface area is 190 Å². The minimum Gasteiger partial charge on any atom is -0.495 e. The Kier molecular flexibility index (Phi) is 8.13. The number of amides is 2. The van der Waals surface area contributed by atoms with Crippen LogP contribution >= 0.6 is 0 Å². The van der Waals surface area contributed by atoms with E-state index in [9.17, 15) is 18.0 Å². The van der Waals surface area contributed by atoms with Crippen molar-refractivity contribution in [2.24, 2.45) is 5.92 Å². The molecule has 2 aliphatic heterocycles. The van der Waals surface area contributed by atoms with Crippen LogP contribution in [0.15, 0.2) is 23.1 Å². The van der Waals surface area contributed by atoms with E-state index in [1.807, 2.05) is 18.7 Å². The van der Waals surface area contributed by atoms with E-state index in [4.69, 9.17) is 9.47 Å². The van der Waals surface area contributed by atoms with E-state index in [2.05, 4.69) is 5.32 Å². The molecular formula is C22H33N3O6S. The third kappa shape index (κ3) is 5.79. The Morgan fingerprint density at radius 2 is 1.81 bits per heavy atom. The van der Waals surface area contributed by atoms with Crippen LogP contribution in [0, 0.1) is 5.92 Å². The molecular weight excluding hydrogens is 434 g/mol. The minimum absolute atomic E-state index is 0.0244. The van der Waals surface area contributed by atoms with Gasteiger partial charge in [-0.1, -0.05) is 13.8 Å². The Morgan fingerprint density at radius 1 is 1.16 bits per heavy atom. The summed E-state index contributed by atoms with van der Waals surface area (Å²) in [5.74, 6) is 0.332. The van der Waals surface area contributed by atoms with Gasteiger partial charge in [0.15, 0.2) is 0 Å². The summed E-state index contributed by atoms with van der Waals surface area (Å²) in [6.07, 6.45) is 1.87. The van der Waals surface area contributed by atoms with Gasteiger partial charge in [-0.3, -0.25) is 9.59 Å². The predicted molar refractivity (Wildman–Crippen MR) is 119 cm³/mol. The molecule has 1 aromatic rings. The fraction of sp³-hybridized carbons (Fsp3) is 0.636. The first-order valence-corrected chi connectivity index (χ1v) is 12.5. The lowest BCUT2D eigenvalue weighted by molar-refractivity contribution is -0.133. The number of benzene rings is 1. The van der Waals surface area contributed by atoms with Crippen molar-refractivity contribution < 1.29 is 27.5 Å². The minimum atomic E-state index is -3.82. The largest absolute Gasteiger partial charge is 0.495 e. The van der Waals surface area contributed by atoms with Crippen LogP contribution in [0.2, 0.25) is 0 Å². The van der Waals surface area contributed by atoms with Crippen molar-refractivity contribution in [2.75, 3.05) is 46.5 Å². The van der Waals surface area contributed by atoms with Crippen molar-refractivity contribution >= 4 is 21.8 Å². The number of likely N-dealkylation sites (tertiary alicyclic amines) is 1. The molecule has 2 heterocycles. The molecule has 2 amide bonds. The van der Waals surface area contributed by atoms with Crippen molar-refractivity contribution in [2.45, 2.75) is 44.0 Å². The molecule has 0 aliphatic carbocycles. The number of hydrogen-bond acceptors (Lipinski definition) is 6. The number of ether oxygens (including phenoxy) is 2. The molecule has 0 saturated carbocycles. The number of sulfonamides is 1. The highest BCUT2D eigenvalue weighted by atomic mass is 32.2. The zero-order valence-electron chi connectivity index (χ0n) is 19.0. The average molecular weight is 468 g/mol. The summed E-state index contributed by atoms with van der Waals surface area (Å²) < 4.78 is 38.1. The van der Waals surface area contributed by atoms with Gasteiger partial charge in [-0.25, -0.2) is 8.42 Å². The second kappa shape index (κ2) is 10.6. The van der Waals surface area contributed by atoms with E-state index in [0.29, 0.717) is 51.5 Å². The maximum Gasteiger partial charge on any atom is 0.251 e. The van der Waals surface area contributed by atoms with E-state index >= 15 is 0 Å². The SMILES string of the molecule is COc1ccc(C(=O)NC2CCN(C(=O)CC(C)C)CC2)cc1S(=O)(=O)N1CCOCC1. The molecule has 2 fully saturated rings. The average Bonchev–Trinajstić information content (AvgIpc) is 2.79. The van der Waals surface area contributed by atoms with E-state index in [-0.39, 0.29) is 47.2 Å². The third-order valence-corrected chi connectivity index (χ3v) is 7.70. The van der Waals surface area contributed by atoms with Crippen LogP contribution in [-0.4, -0.2) is 82.0 Å². The fourth-order valence-corrected chi connectivity index (χ4v) is 5.56. The number of carbonyl (C=O) groups is 2. The maximum atomic E-state index is 13.1. The smallest absolute Gasteiger partial charge is 0.251 e. The number of methoxy groups -OCH3 is 1. The van der Waals surface area contributed by atoms with Crippen molar-refractivity contribution in [3.63, 3.8) is 0 Å². The second-order valence-corrected chi connectivity index (χ2v) is 10.5. The summed E-state index contributed by atoms with van der Waals surface area (Å²) in [7, 11) is -2.41. The van der Waals surface area contributed by atoms with E-state index in [1.165, 1.54) is 23.5 Å². The normalized spacial score (nSPS) is 18.6. The monoisotopic (exact) mass is 467 g/mol. The van der Waals surface area contributed by atoms with Gasteiger partial charge in [-0.05, 0) is 37.0 Å². The van der Waals surface area contributed by atoms with Gasteiger partial charge in [0.05, 0.1) is 20.3 Å². The highest BCUT2D eigenvalue weighted by Gasteiger charge is 2.31. The lowest BCUT2D eigenvalue weighted by atomic mass is 10.0. The van der Waals surface area contributed by atoms with E-state index in [1.54, 1.807) is 6.07 Å². The van der Waals surface area contributed by atoms with Gasteiger partial charge >= 0.3 is 0 Å². The summed E-state index contributed by atoms with van der Waals surface area (Å²) >= 11 is 0. The summed E-state index contributed by atoms with van der Waals surface area (Å²) in [6, 6.07) is 4.38. The molecule has 0 radical (unpaired) electrons. The van der Waals surface area contributed by atoms with Gasteiger partial charge in [-0.15, -0.1) is 0 Å². The van der Waals surface area contributed by atoms with E-state index in [0.717, 1.165) is 0 Å². The Morgan fingerprint density at radius 3 is 2.41 bits per heavy atom. The van der Waals surface area contributed by atoms with Crippen LogP contribution in [0.4, 0.5) is 0 Å². The molecule has 1 N–H and O–H groups in total. The number of piperidine rings is 1. The molecule has 178 valence electrons. The summed E-state index contributed by atoms with van der Waals surface area (Å²) in [4.78, 5) is 26.9. The van der Waals surface area contributed by atoms with Gasteiger partial charge in [0.2, 0.25) is 15.9 Å². The molecule has 0 bridgehead atoms. The van der Waals surface area contributed by atoms with Crippen LogP contribution in [0.25, 0.3) is 0 Å². The third-order valence-electron chi connectivity index (χ3n) is 5.78. The van der Waals surface area contributed by atoms with Crippen LogP contribution in [-0.2, 0) is 19.6 Å². The summed E-state index contributed by atoms with van der Waals surface area (Å²) in [6.45, 7) is 6.44. The Bertz CT molecular complexity index is 920. The zero-order valence-corrected chi connectivity index (χ0v) is 19.8. The van der Waals surface area contributed by atoms with Gasteiger partial charge < -0.3 is 19.7 Å². The molecule has 2 aliphatic rings. The first-order chi connectivity index (χ1) is 15.2. The quantitative estimate of drug-likeness (QED) is 0.651. The van der Waals surface area contributed by atoms with Crippen LogP contribution in [0.3, 0.4) is 0 Å². The Hall–Kier alpha value is -2.17. The maximum absolute atomic E-state index is 13.1. The van der Waals surface area contributed by atoms with Crippen LogP contribution in [0.1, 0.15) is 43.5 Å². The molecule has 32 heavy (non-hydrogen) atoms. The molecule has 2 saturated heterocycles. The van der Waals surface area contributed by atoms with Crippen molar-refractivity contribution in [3.8, 4) is 5.75 Å². The molecule has 0 atom stereocenters. The number of hydrogen-bond donors (Lipinski definition) is 1. The summed E-state index contributed by atoms with van der Waals surface area (Å²) in [5.41, 5.74) is 0.260. The fourth-order valence-electron chi connectivity index (χ4n) is 3.97. The zero-order chi connectivity index (χ0) is 23.3. The molecule has 0 spiro atoms. The van der Waals surface area contributed by atoms with Crippen LogP contribution < -0.4 is 10.1 Å². The van der Waals surface area contributed by atoms with Gasteiger partial charge in [0, 0.05) is 44.2 Å². The first kappa shape index (κ1) is 24.5. The highest BCUT2D eigenvalue weighted by molar-refractivity contribution is 7.89. The molecule has 0 unspecified atom stereocenters. The number of nitrogens with zero attached hydrogens (tertiary/aromatic N) is 2. The van der Waals surface area contributed by atoms with E-state index < -0.39 is 10.0 Å². The topological polar surface area (TPSA) is 105 Å². The Balaban J connectivity index is 1.67. The predicted octanol–water partition coefficient (Wildman–Crippen LogP) is 1.48. The molecule has 1 aromatic carbocycles. The van der Waals surface area contributed by atoms with Crippen molar-refractivity contribution in [1.29, 1.82) is 0 Å². The lowest BCUT2D eigenvalue weighted by Crippen LogP contribution is -2.46. The van der Waals surface area contributed by atoms with Crippen molar-refractivity contribution in [1.82, 2.24) is 14.5 Å². The number of rotatable bonds is 7. The van der Waals surface area contributed by atoms with Gasteiger partial charge in [0.25, 0.3) is 5.91 Å². The van der Waals surface area contributed by atoms with Crippen molar-refractivity contribution in [3.05, 3.63) is 23.8 Å². The second-order valence-electron chi connectivity index (χ2n) is 8.61. The highest BCUT2D eigenvalue weighted by Crippen LogP contribution is 2.28.